The summed E-state index contributed by atoms with van der Waals surface area (Å²) in [5, 5.41) is 3.19. The van der Waals surface area contributed by atoms with Crippen LogP contribution in [-0.4, -0.2) is 31.1 Å². The van der Waals surface area contributed by atoms with Crippen molar-refractivity contribution in [2.45, 2.75) is 25.1 Å². The van der Waals surface area contributed by atoms with Crippen molar-refractivity contribution in [2.24, 2.45) is 0 Å². The van der Waals surface area contributed by atoms with Crippen LogP contribution in [0.3, 0.4) is 0 Å². The van der Waals surface area contributed by atoms with Gasteiger partial charge in [0.25, 0.3) is 0 Å². The summed E-state index contributed by atoms with van der Waals surface area (Å²) in [5.41, 5.74) is -0.724. The fraction of sp³-hybridized carbons (Fsp3) is 0.500. The van der Waals surface area contributed by atoms with Gasteiger partial charge in [-0.1, -0.05) is 12.1 Å². The fourth-order valence-electron chi connectivity index (χ4n) is 2.87. The smallest absolute Gasteiger partial charge is 0.314 e. The Morgan fingerprint density at radius 3 is 2.38 bits per heavy atom. The maximum atomic E-state index is 13.3. The molecule has 0 radical (unpaired) electrons. The van der Waals surface area contributed by atoms with Crippen LogP contribution in [0.5, 0.6) is 0 Å². The zero-order valence-corrected chi connectivity index (χ0v) is 14.7. The van der Waals surface area contributed by atoms with E-state index in [0.29, 0.717) is 32.0 Å². The lowest BCUT2D eigenvalue weighted by atomic mass is 9.94. The molecule has 0 bridgehead atoms. The number of alkyl halides is 3. The quantitative estimate of drug-likeness (QED) is 0.585. The van der Waals surface area contributed by atoms with Gasteiger partial charge in [0.2, 0.25) is 0 Å². The van der Waals surface area contributed by atoms with Crippen LogP contribution >= 0.6 is 24.8 Å². The van der Waals surface area contributed by atoms with Crippen LogP contribution in [0.1, 0.15) is 30.0 Å². The van der Waals surface area contributed by atoms with Gasteiger partial charge in [0.05, 0.1) is 5.56 Å². The molecule has 1 saturated heterocycles. The van der Waals surface area contributed by atoms with Crippen LogP contribution in [-0.2, 0) is 6.18 Å². The molecule has 0 saturated carbocycles. The number of hydrogen-bond donors (Lipinski definition) is 1. The lowest BCUT2D eigenvalue weighted by molar-refractivity contribution is -0.139. The molecule has 0 aromatic heterocycles. The Morgan fingerprint density at radius 2 is 1.83 bits per heavy atom. The number of nitrogens with one attached hydrogen (secondary N) is 1. The van der Waals surface area contributed by atoms with E-state index in [-0.39, 0.29) is 36.4 Å². The van der Waals surface area contributed by atoms with Crippen molar-refractivity contribution < 1.29 is 17.6 Å². The molecule has 1 atom stereocenters. The second-order valence-electron chi connectivity index (χ2n) is 5.40. The number of rotatable bonds is 5. The standard InChI is InChI=1S/C16H20F4N2.2ClH/c1-2-3-4-15(22-9-7-21-8-10-22)13-6-5-12(17)11-14(13)16(18,19)20;;/h2,5-6,11,15,21H,1,3-4,7-10H2;2*1H/t15-;;/m0../s1. The zero-order valence-electron chi connectivity index (χ0n) is 13.1. The van der Waals surface area contributed by atoms with Gasteiger partial charge >= 0.3 is 6.18 Å². The Kier molecular flexibility index (Phi) is 9.88. The van der Waals surface area contributed by atoms with Gasteiger partial charge in [-0.25, -0.2) is 4.39 Å². The highest BCUT2D eigenvalue weighted by atomic mass is 35.5. The molecule has 2 nitrogen and oxygen atoms in total. The van der Waals surface area contributed by atoms with E-state index in [9.17, 15) is 17.6 Å². The van der Waals surface area contributed by atoms with Crippen LogP contribution in [0, 0.1) is 5.82 Å². The van der Waals surface area contributed by atoms with Gasteiger partial charge < -0.3 is 5.32 Å². The molecule has 0 unspecified atom stereocenters. The minimum absolute atomic E-state index is 0. The van der Waals surface area contributed by atoms with Gasteiger partial charge in [-0.05, 0) is 30.5 Å². The molecule has 0 spiro atoms. The molecular formula is C16H22Cl2F4N2. The summed E-state index contributed by atoms with van der Waals surface area (Å²) >= 11 is 0. The largest absolute Gasteiger partial charge is 0.416 e. The van der Waals surface area contributed by atoms with Crippen LogP contribution in [0.25, 0.3) is 0 Å². The molecular weight excluding hydrogens is 367 g/mol. The maximum absolute atomic E-state index is 13.3. The normalized spacial score (nSPS) is 16.7. The molecule has 2 rings (SSSR count). The average molecular weight is 389 g/mol. The number of hydrogen-bond acceptors (Lipinski definition) is 2. The summed E-state index contributed by atoms with van der Waals surface area (Å²) in [5.74, 6) is -0.862. The molecule has 138 valence electrons. The summed E-state index contributed by atoms with van der Waals surface area (Å²) in [6.07, 6.45) is -1.70. The Morgan fingerprint density at radius 1 is 1.21 bits per heavy atom. The third-order valence-corrected chi connectivity index (χ3v) is 3.92. The molecule has 1 aliphatic heterocycles. The lowest BCUT2D eigenvalue weighted by Crippen LogP contribution is -2.45. The van der Waals surface area contributed by atoms with E-state index in [1.807, 2.05) is 4.90 Å². The van der Waals surface area contributed by atoms with Gasteiger partial charge in [-0.2, -0.15) is 13.2 Å². The highest BCUT2D eigenvalue weighted by Gasteiger charge is 2.37. The maximum Gasteiger partial charge on any atom is 0.416 e. The SMILES string of the molecule is C=CCC[C@@H](c1ccc(F)cc1C(F)(F)F)N1CCNCC1.Cl.Cl. The van der Waals surface area contributed by atoms with Crippen LogP contribution in [0.15, 0.2) is 30.9 Å². The number of halogens is 6. The number of nitrogens with zero attached hydrogens (tertiary/aromatic N) is 1. The molecule has 1 heterocycles. The number of benzene rings is 1. The van der Waals surface area contributed by atoms with Crippen LogP contribution < -0.4 is 5.32 Å². The summed E-state index contributed by atoms with van der Waals surface area (Å²) in [4.78, 5) is 2.03. The number of piperazine rings is 1. The van der Waals surface area contributed by atoms with Crippen molar-refractivity contribution in [1.82, 2.24) is 10.2 Å². The van der Waals surface area contributed by atoms with E-state index < -0.39 is 17.6 Å². The Bertz CT molecular complexity index is 517. The van der Waals surface area contributed by atoms with E-state index in [1.165, 1.54) is 6.07 Å². The van der Waals surface area contributed by atoms with Gasteiger partial charge in [0.15, 0.2) is 0 Å². The highest BCUT2D eigenvalue weighted by Crippen LogP contribution is 2.38. The van der Waals surface area contributed by atoms with Crippen molar-refractivity contribution in [2.75, 3.05) is 26.2 Å². The van der Waals surface area contributed by atoms with E-state index in [1.54, 1.807) is 6.08 Å². The Labute approximate surface area is 152 Å². The van der Waals surface area contributed by atoms with Crippen molar-refractivity contribution in [3.63, 3.8) is 0 Å². The first-order valence-electron chi connectivity index (χ1n) is 7.36. The molecule has 1 N–H and O–H groups in total. The van der Waals surface area contributed by atoms with Crippen molar-refractivity contribution in [1.29, 1.82) is 0 Å². The molecule has 24 heavy (non-hydrogen) atoms. The van der Waals surface area contributed by atoms with E-state index in [0.717, 1.165) is 19.2 Å². The zero-order chi connectivity index (χ0) is 16.2. The first-order valence-corrected chi connectivity index (χ1v) is 7.36. The molecule has 8 heteroatoms. The second kappa shape index (κ2) is 10.2. The summed E-state index contributed by atoms with van der Waals surface area (Å²) in [6, 6.07) is 2.59. The third kappa shape index (κ3) is 5.92. The Hall–Kier alpha value is -0.820. The number of allylic oxidation sites excluding steroid dienone is 1. The predicted octanol–water partition coefficient (Wildman–Crippen LogP) is 4.60. The van der Waals surface area contributed by atoms with E-state index >= 15 is 0 Å². The highest BCUT2D eigenvalue weighted by molar-refractivity contribution is 5.85. The van der Waals surface area contributed by atoms with Crippen molar-refractivity contribution in [3.05, 3.63) is 47.8 Å². The molecule has 1 aliphatic rings. The molecule has 0 amide bonds. The lowest BCUT2D eigenvalue weighted by Gasteiger charge is -2.36. The molecule has 1 fully saturated rings. The van der Waals surface area contributed by atoms with E-state index in [4.69, 9.17) is 0 Å². The second-order valence-corrected chi connectivity index (χ2v) is 5.40. The van der Waals surface area contributed by atoms with Gasteiger partial charge in [0.1, 0.15) is 5.82 Å². The van der Waals surface area contributed by atoms with Gasteiger partial charge in [-0.3, -0.25) is 4.90 Å². The van der Waals surface area contributed by atoms with Crippen molar-refractivity contribution >= 4 is 24.8 Å². The van der Waals surface area contributed by atoms with Gasteiger partial charge in [0, 0.05) is 32.2 Å². The third-order valence-electron chi connectivity index (χ3n) is 3.92. The predicted molar refractivity (Wildman–Crippen MR) is 92.5 cm³/mol. The molecule has 1 aromatic rings. The summed E-state index contributed by atoms with van der Waals surface area (Å²) in [7, 11) is 0. The topological polar surface area (TPSA) is 15.3 Å². The van der Waals surface area contributed by atoms with Gasteiger partial charge in [-0.15, -0.1) is 31.4 Å². The molecule has 1 aromatic carbocycles. The minimum Gasteiger partial charge on any atom is -0.314 e. The summed E-state index contributed by atoms with van der Waals surface area (Å²) in [6.45, 7) is 6.48. The summed E-state index contributed by atoms with van der Waals surface area (Å²) < 4.78 is 53.1. The monoisotopic (exact) mass is 388 g/mol. The first kappa shape index (κ1) is 23.2. The van der Waals surface area contributed by atoms with Crippen molar-refractivity contribution in [3.8, 4) is 0 Å². The van der Waals surface area contributed by atoms with Crippen LogP contribution in [0.4, 0.5) is 17.6 Å². The Balaban J connectivity index is 0.00000264. The fourth-order valence-corrected chi connectivity index (χ4v) is 2.87. The minimum atomic E-state index is -4.56. The van der Waals surface area contributed by atoms with E-state index in [2.05, 4.69) is 11.9 Å². The van der Waals surface area contributed by atoms with Crippen LogP contribution in [0.2, 0.25) is 0 Å². The average Bonchev–Trinajstić information content (AvgIpc) is 2.49. The first-order chi connectivity index (χ1) is 10.4. The molecule has 0 aliphatic carbocycles.